The van der Waals surface area contributed by atoms with Crippen molar-refractivity contribution >= 4 is 17.7 Å². The summed E-state index contributed by atoms with van der Waals surface area (Å²) in [6, 6.07) is 9.23. The summed E-state index contributed by atoms with van der Waals surface area (Å²) in [5.41, 5.74) is 0.570. The third-order valence-corrected chi connectivity index (χ3v) is 3.23. The van der Waals surface area contributed by atoms with Crippen LogP contribution in [0.3, 0.4) is 0 Å². The predicted octanol–water partition coefficient (Wildman–Crippen LogP) is 1.76. The highest BCUT2D eigenvalue weighted by atomic mass is 32.2. The van der Waals surface area contributed by atoms with Gasteiger partial charge in [-0.3, -0.25) is 4.79 Å². The lowest BCUT2D eigenvalue weighted by molar-refractivity contribution is 0.0700. The number of thioether (sulfide) groups is 1. The van der Waals surface area contributed by atoms with E-state index in [1.165, 1.54) is 16.7 Å². The van der Waals surface area contributed by atoms with Gasteiger partial charge in [0.15, 0.2) is 0 Å². The molecule has 0 heterocycles. The molecule has 1 unspecified atom stereocenters. The number of benzene rings is 1. The number of carbonyl (C=O) groups excluding carboxylic acids is 1. The predicted molar refractivity (Wildman–Crippen MR) is 71.4 cm³/mol. The Labute approximate surface area is 111 Å². The minimum Gasteiger partial charge on any atom is -0.392 e. The molecule has 96 valence electrons. The molecule has 0 aromatic heterocycles. The van der Waals surface area contributed by atoms with Crippen LogP contribution in [0.25, 0.3) is 0 Å². The standard InChI is InChI=1S/C13H16N2O2S/c1-10(16)9-15(2)13(17)11-5-3-4-6-12(11)18-8-7-14/h3-6,10,16H,8-9H2,1-2H3. The summed E-state index contributed by atoms with van der Waals surface area (Å²) in [5.74, 6) is 0.168. The molecule has 1 aromatic carbocycles. The first-order valence-corrected chi connectivity index (χ1v) is 6.57. The Morgan fingerprint density at radius 2 is 2.22 bits per heavy atom. The summed E-state index contributed by atoms with van der Waals surface area (Å²) >= 11 is 1.34. The first-order valence-electron chi connectivity index (χ1n) is 5.58. The number of aliphatic hydroxyl groups is 1. The highest BCUT2D eigenvalue weighted by Crippen LogP contribution is 2.23. The fraction of sp³-hybridized carbons (Fsp3) is 0.385. The zero-order valence-corrected chi connectivity index (χ0v) is 11.3. The summed E-state index contributed by atoms with van der Waals surface area (Å²) in [7, 11) is 1.65. The van der Waals surface area contributed by atoms with Crippen LogP contribution in [0.1, 0.15) is 17.3 Å². The van der Waals surface area contributed by atoms with Gasteiger partial charge in [-0.2, -0.15) is 5.26 Å². The molecule has 0 radical (unpaired) electrons. The molecule has 0 fully saturated rings. The molecule has 0 bridgehead atoms. The molecule has 1 amide bonds. The molecule has 1 N–H and O–H groups in total. The van der Waals surface area contributed by atoms with Gasteiger partial charge in [-0.05, 0) is 19.1 Å². The normalized spacial score (nSPS) is 11.7. The Kier molecular flexibility index (Phi) is 5.69. The molecule has 1 aromatic rings. The summed E-state index contributed by atoms with van der Waals surface area (Å²) in [5, 5.41) is 17.9. The minimum absolute atomic E-state index is 0.142. The van der Waals surface area contributed by atoms with E-state index in [0.717, 1.165) is 4.90 Å². The van der Waals surface area contributed by atoms with Crippen molar-refractivity contribution in [1.29, 1.82) is 5.26 Å². The zero-order valence-electron chi connectivity index (χ0n) is 10.5. The number of hydrogen-bond donors (Lipinski definition) is 1. The first kappa shape index (κ1) is 14.6. The minimum atomic E-state index is -0.558. The van der Waals surface area contributed by atoms with Crippen LogP contribution >= 0.6 is 11.8 Å². The summed E-state index contributed by atoms with van der Waals surface area (Å²) in [6.45, 7) is 1.93. The van der Waals surface area contributed by atoms with Crippen LogP contribution < -0.4 is 0 Å². The molecule has 5 heteroatoms. The zero-order chi connectivity index (χ0) is 13.5. The fourth-order valence-corrected chi connectivity index (χ4v) is 2.27. The van der Waals surface area contributed by atoms with E-state index in [-0.39, 0.29) is 12.5 Å². The molecule has 0 aliphatic rings. The molecule has 0 aliphatic carbocycles. The quantitative estimate of drug-likeness (QED) is 0.823. The van der Waals surface area contributed by atoms with E-state index < -0.39 is 6.10 Å². The van der Waals surface area contributed by atoms with Gasteiger partial charge in [0.25, 0.3) is 5.91 Å². The van der Waals surface area contributed by atoms with Gasteiger partial charge in [0.2, 0.25) is 0 Å². The number of aliphatic hydroxyl groups excluding tert-OH is 1. The first-order chi connectivity index (χ1) is 8.56. The third kappa shape index (κ3) is 4.06. The average molecular weight is 264 g/mol. The van der Waals surface area contributed by atoms with E-state index in [1.54, 1.807) is 26.1 Å². The smallest absolute Gasteiger partial charge is 0.254 e. The summed E-state index contributed by atoms with van der Waals surface area (Å²) in [6.07, 6.45) is -0.558. The number of carbonyl (C=O) groups is 1. The maximum absolute atomic E-state index is 12.2. The Hall–Kier alpha value is -1.51. The van der Waals surface area contributed by atoms with Gasteiger partial charge in [0.1, 0.15) is 0 Å². The molecular formula is C13H16N2O2S. The molecule has 0 saturated carbocycles. The maximum Gasteiger partial charge on any atom is 0.254 e. The Bertz CT molecular complexity index is 455. The van der Waals surface area contributed by atoms with Gasteiger partial charge >= 0.3 is 0 Å². The van der Waals surface area contributed by atoms with E-state index in [2.05, 4.69) is 0 Å². The topological polar surface area (TPSA) is 64.3 Å². The molecule has 0 saturated heterocycles. The van der Waals surface area contributed by atoms with Crippen LogP contribution in [0.4, 0.5) is 0 Å². The van der Waals surface area contributed by atoms with Crippen LogP contribution in [0.2, 0.25) is 0 Å². The van der Waals surface area contributed by atoms with E-state index >= 15 is 0 Å². The number of likely N-dealkylation sites (N-methyl/N-ethyl adjacent to an activating group) is 1. The van der Waals surface area contributed by atoms with Crippen molar-refractivity contribution in [1.82, 2.24) is 4.90 Å². The van der Waals surface area contributed by atoms with Crippen LogP contribution in [0, 0.1) is 11.3 Å². The van der Waals surface area contributed by atoms with Gasteiger partial charge in [-0.1, -0.05) is 12.1 Å². The van der Waals surface area contributed by atoms with Crippen molar-refractivity contribution in [2.45, 2.75) is 17.9 Å². The highest BCUT2D eigenvalue weighted by molar-refractivity contribution is 7.99. The second-order valence-electron chi connectivity index (χ2n) is 3.98. The van der Waals surface area contributed by atoms with Crippen LogP contribution in [0.15, 0.2) is 29.2 Å². The second-order valence-corrected chi connectivity index (χ2v) is 4.99. The highest BCUT2D eigenvalue weighted by Gasteiger charge is 2.16. The van der Waals surface area contributed by atoms with Crippen molar-refractivity contribution in [3.05, 3.63) is 29.8 Å². The van der Waals surface area contributed by atoms with Gasteiger partial charge in [-0.25, -0.2) is 0 Å². The molecule has 1 rings (SSSR count). The van der Waals surface area contributed by atoms with Gasteiger partial charge in [0.05, 0.1) is 23.5 Å². The molecule has 1 atom stereocenters. The van der Waals surface area contributed by atoms with Crippen molar-refractivity contribution in [2.75, 3.05) is 19.3 Å². The average Bonchev–Trinajstić information content (AvgIpc) is 2.35. The van der Waals surface area contributed by atoms with Crippen molar-refractivity contribution in [3.8, 4) is 6.07 Å². The molecule has 0 aliphatic heterocycles. The number of rotatable bonds is 5. The maximum atomic E-state index is 12.2. The Balaban J connectivity index is 2.88. The van der Waals surface area contributed by atoms with E-state index in [1.807, 2.05) is 18.2 Å². The van der Waals surface area contributed by atoms with E-state index in [4.69, 9.17) is 5.26 Å². The lowest BCUT2D eigenvalue weighted by atomic mass is 10.2. The van der Waals surface area contributed by atoms with Crippen molar-refractivity contribution < 1.29 is 9.90 Å². The molecule has 4 nitrogen and oxygen atoms in total. The van der Waals surface area contributed by atoms with E-state index in [9.17, 15) is 9.90 Å². The molecular weight excluding hydrogens is 248 g/mol. The summed E-state index contributed by atoms with van der Waals surface area (Å²) < 4.78 is 0. The monoisotopic (exact) mass is 264 g/mol. The number of nitriles is 1. The van der Waals surface area contributed by atoms with Gasteiger partial charge < -0.3 is 10.0 Å². The van der Waals surface area contributed by atoms with Crippen molar-refractivity contribution in [2.24, 2.45) is 0 Å². The van der Waals surface area contributed by atoms with Crippen LogP contribution in [0.5, 0.6) is 0 Å². The van der Waals surface area contributed by atoms with Crippen molar-refractivity contribution in [3.63, 3.8) is 0 Å². The fourth-order valence-electron chi connectivity index (χ4n) is 1.56. The van der Waals surface area contributed by atoms with Gasteiger partial charge in [0, 0.05) is 18.5 Å². The molecule has 0 spiro atoms. The largest absolute Gasteiger partial charge is 0.392 e. The Morgan fingerprint density at radius 3 is 2.83 bits per heavy atom. The van der Waals surface area contributed by atoms with Crippen LogP contribution in [-0.2, 0) is 0 Å². The lowest BCUT2D eigenvalue weighted by Gasteiger charge is -2.20. The SMILES string of the molecule is CC(O)CN(C)C(=O)c1ccccc1SCC#N. The van der Waals surface area contributed by atoms with E-state index in [0.29, 0.717) is 11.3 Å². The summed E-state index contributed by atoms with van der Waals surface area (Å²) in [4.78, 5) is 14.5. The van der Waals surface area contributed by atoms with Gasteiger partial charge in [-0.15, -0.1) is 11.8 Å². The second kappa shape index (κ2) is 7.04. The third-order valence-electron chi connectivity index (χ3n) is 2.29. The van der Waals surface area contributed by atoms with Crippen LogP contribution in [-0.4, -0.2) is 41.4 Å². The molecule has 18 heavy (non-hydrogen) atoms. The lowest BCUT2D eigenvalue weighted by Crippen LogP contribution is -2.33. The number of amides is 1. The number of nitrogens with zero attached hydrogens (tertiary/aromatic N) is 2. The Morgan fingerprint density at radius 1 is 1.56 bits per heavy atom. The number of hydrogen-bond acceptors (Lipinski definition) is 4.